The fraction of sp³-hybridized carbons (Fsp3) is 0.889. The van der Waals surface area contributed by atoms with E-state index in [2.05, 4.69) is 4.99 Å². The Labute approximate surface area is 105 Å². The van der Waals surface area contributed by atoms with Crippen LogP contribution in [0.15, 0.2) is 4.99 Å². The number of aliphatic hydroxyl groups is 1. The van der Waals surface area contributed by atoms with Gasteiger partial charge in [0, 0.05) is 50.0 Å². The third kappa shape index (κ3) is 4.22. The zero-order chi connectivity index (χ0) is 8.91. The van der Waals surface area contributed by atoms with Crippen LogP contribution < -0.4 is 0 Å². The van der Waals surface area contributed by atoms with Crippen LogP contribution in [0.5, 0.6) is 0 Å². The Hall–Kier alpha value is 0.890. The van der Waals surface area contributed by atoms with Gasteiger partial charge in [-0.05, 0) is 26.7 Å². The van der Waals surface area contributed by atoms with E-state index in [0.717, 1.165) is 25.1 Å². The van der Waals surface area contributed by atoms with Crippen molar-refractivity contribution in [2.45, 2.75) is 46.1 Å². The second kappa shape index (κ2) is 7.31. The van der Waals surface area contributed by atoms with Gasteiger partial charge in [0.25, 0.3) is 0 Å². The Bertz CT molecular complexity index is 141. The molecule has 0 aliphatic carbocycles. The van der Waals surface area contributed by atoms with Gasteiger partial charge in [-0.25, -0.2) is 0 Å². The second-order valence-electron chi connectivity index (χ2n) is 2.80. The fourth-order valence-electron chi connectivity index (χ4n) is 1.15. The van der Waals surface area contributed by atoms with E-state index in [4.69, 9.17) is 0 Å². The summed E-state index contributed by atoms with van der Waals surface area (Å²) in [7, 11) is 0. The minimum Gasteiger partial charge on any atom is -0.384 e. The van der Waals surface area contributed by atoms with E-state index in [1.54, 1.807) is 0 Å². The molecular formula is C9H19HoNO. The minimum atomic E-state index is -0.657. The predicted molar refractivity (Wildman–Crippen MR) is 49.2 cm³/mol. The van der Waals surface area contributed by atoms with Gasteiger partial charge in [0.2, 0.25) is 0 Å². The van der Waals surface area contributed by atoms with Crippen LogP contribution in [0.2, 0.25) is 0 Å². The van der Waals surface area contributed by atoms with E-state index in [9.17, 15) is 5.11 Å². The summed E-state index contributed by atoms with van der Waals surface area (Å²) < 4.78 is 0. The van der Waals surface area contributed by atoms with Crippen LogP contribution in [0.3, 0.4) is 0 Å². The molecule has 0 bridgehead atoms. The summed E-state index contributed by atoms with van der Waals surface area (Å²) in [4.78, 5) is 4.20. The maximum atomic E-state index is 9.90. The van der Waals surface area contributed by atoms with Crippen molar-refractivity contribution in [3.8, 4) is 0 Å². The van der Waals surface area contributed by atoms with Crippen molar-refractivity contribution in [2.75, 3.05) is 6.54 Å². The summed E-state index contributed by atoms with van der Waals surface area (Å²) >= 11 is 0. The quantitative estimate of drug-likeness (QED) is 0.623. The molecule has 0 aromatic heterocycles. The van der Waals surface area contributed by atoms with Crippen molar-refractivity contribution < 1.29 is 42.8 Å². The van der Waals surface area contributed by atoms with E-state index in [0.29, 0.717) is 0 Å². The molecule has 0 unspecified atom stereocenters. The normalized spacial score (nSPS) is 12.6. The largest absolute Gasteiger partial charge is 0.384 e. The van der Waals surface area contributed by atoms with Gasteiger partial charge in [0.05, 0.1) is 0 Å². The topological polar surface area (TPSA) is 32.6 Å². The summed E-state index contributed by atoms with van der Waals surface area (Å²) in [5.74, 6) is 0. The first-order valence-electron chi connectivity index (χ1n) is 4.34. The molecule has 0 fully saturated rings. The molecule has 0 amide bonds. The smallest absolute Gasteiger partial charge is 0.101 e. The maximum Gasteiger partial charge on any atom is 0.101 e. The van der Waals surface area contributed by atoms with Gasteiger partial charge >= 0.3 is 0 Å². The average molecular weight is 322 g/mol. The molecule has 0 heterocycles. The number of hydrogen-bond donors (Lipinski definition) is 1. The molecular weight excluding hydrogens is 303 g/mol. The van der Waals surface area contributed by atoms with Gasteiger partial charge < -0.3 is 5.11 Å². The Morgan fingerprint density at radius 1 is 1.25 bits per heavy atom. The van der Waals surface area contributed by atoms with E-state index in [-0.39, 0.29) is 37.7 Å². The Morgan fingerprint density at radius 2 is 1.67 bits per heavy atom. The zero-order valence-corrected chi connectivity index (χ0v) is 10.3. The Balaban J connectivity index is 0. The van der Waals surface area contributed by atoms with Gasteiger partial charge in [0.1, 0.15) is 5.60 Å². The Morgan fingerprint density at radius 3 is 1.92 bits per heavy atom. The first-order chi connectivity index (χ1) is 5.10. The molecule has 0 rings (SSSR count). The summed E-state index contributed by atoms with van der Waals surface area (Å²) in [6.45, 7) is 8.61. The first kappa shape index (κ1) is 15.4. The van der Waals surface area contributed by atoms with Crippen LogP contribution in [-0.2, 0) is 0 Å². The third-order valence-corrected chi connectivity index (χ3v) is 2.24. The Kier molecular flexibility index (Phi) is 9.36. The molecule has 0 saturated heterocycles. The van der Waals surface area contributed by atoms with E-state index >= 15 is 0 Å². The second-order valence-corrected chi connectivity index (χ2v) is 2.80. The van der Waals surface area contributed by atoms with Crippen molar-refractivity contribution >= 4 is 5.71 Å². The fourth-order valence-corrected chi connectivity index (χ4v) is 1.15. The first-order valence-corrected chi connectivity index (χ1v) is 4.34. The molecule has 12 heavy (non-hydrogen) atoms. The number of nitrogens with zero attached hydrogens (tertiary/aromatic N) is 1. The van der Waals surface area contributed by atoms with Gasteiger partial charge in [0.15, 0.2) is 0 Å². The summed E-state index contributed by atoms with van der Waals surface area (Å²) in [5, 5.41) is 9.90. The molecule has 1 radical (unpaired) electrons. The van der Waals surface area contributed by atoms with Crippen LogP contribution >= 0.6 is 0 Å². The van der Waals surface area contributed by atoms with Gasteiger partial charge in [-0.15, -0.1) is 0 Å². The van der Waals surface area contributed by atoms with E-state index < -0.39 is 5.60 Å². The molecule has 0 aromatic carbocycles. The number of aliphatic imine (C=N–C) groups is 1. The predicted octanol–water partition coefficient (Wildman–Crippen LogP) is 2.02. The number of rotatable bonds is 4. The minimum absolute atomic E-state index is 0. The van der Waals surface area contributed by atoms with E-state index in [1.165, 1.54) is 0 Å². The van der Waals surface area contributed by atoms with Crippen molar-refractivity contribution in [3.63, 3.8) is 0 Å². The van der Waals surface area contributed by atoms with Gasteiger partial charge in [-0.3, -0.25) is 4.99 Å². The monoisotopic (exact) mass is 322 g/mol. The maximum absolute atomic E-state index is 9.90. The molecule has 0 spiro atoms. The molecule has 77 valence electrons. The standard InChI is InChI=1S/C9H19NO.Ho/c1-5-9(11,6-2)8(4)10-7-3;/h11H,5-7H2,1-4H3;. The third-order valence-electron chi connectivity index (χ3n) is 2.24. The van der Waals surface area contributed by atoms with Crippen molar-refractivity contribution in [3.05, 3.63) is 0 Å². The molecule has 3 heteroatoms. The molecule has 0 aliphatic rings. The molecule has 1 N–H and O–H groups in total. The van der Waals surface area contributed by atoms with Crippen LogP contribution in [0, 0.1) is 37.7 Å². The van der Waals surface area contributed by atoms with Crippen molar-refractivity contribution in [1.82, 2.24) is 0 Å². The zero-order valence-electron chi connectivity index (χ0n) is 8.32. The van der Waals surface area contributed by atoms with Crippen LogP contribution in [-0.4, -0.2) is 23.0 Å². The van der Waals surface area contributed by atoms with Gasteiger partial charge in [-0.1, -0.05) is 13.8 Å². The van der Waals surface area contributed by atoms with Crippen molar-refractivity contribution in [1.29, 1.82) is 0 Å². The number of hydrogen-bond acceptors (Lipinski definition) is 2. The van der Waals surface area contributed by atoms with Crippen LogP contribution in [0.1, 0.15) is 40.5 Å². The average Bonchev–Trinajstić information content (AvgIpc) is 2.03. The van der Waals surface area contributed by atoms with E-state index in [1.807, 2.05) is 27.7 Å². The van der Waals surface area contributed by atoms with Crippen LogP contribution in [0.25, 0.3) is 0 Å². The van der Waals surface area contributed by atoms with Gasteiger partial charge in [-0.2, -0.15) is 0 Å². The molecule has 0 saturated carbocycles. The summed E-state index contributed by atoms with van der Waals surface area (Å²) in [6, 6.07) is 0. The van der Waals surface area contributed by atoms with Crippen LogP contribution in [0.4, 0.5) is 0 Å². The summed E-state index contributed by atoms with van der Waals surface area (Å²) in [5.41, 5.74) is 0.209. The summed E-state index contributed by atoms with van der Waals surface area (Å²) in [6.07, 6.45) is 1.50. The SMILES string of the molecule is CCN=C(C)C(O)(CC)CC.[Ho]. The molecule has 2 nitrogen and oxygen atoms in total. The van der Waals surface area contributed by atoms with Crippen molar-refractivity contribution in [2.24, 2.45) is 4.99 Å². The molecule has 0 atom stereocenters. The molecule has 0 aromatic rings. The molecule has 0 aliphatic heterocycles.